The molecule has 0 radical (unpaired) electrons. The van der Waals surface area contributed by atoms with Gasteiger partial charge in [-0.2, -0.15) is 0 Å². The van der Waals surface area contributed by atoms with Crippen molar-refractivity contribution in [3.63, 3.8) is 0 Å². The number of benzene rings is 2. The van der Waals surface area contributed by atoms with Crippen molar-refractivity contribution in [2.24, 2.45) is 0 Å². The Bertz CT molecular complexity index is 474. The molecule has 0 aliphatic carbocycles. The number of hydrogen-bond acceptors (Lipinski definition) is 1. The molecule has 1 N–H and O–H groups in total. The zero-order valence-electron chi connectivity index (χ0n) is 11.9. The van der Waals surface area contributed by atoms with E-state index in [9.17, 15) is 0 Å². The van der Waals surface area contributed by atoms with Crippen LogP contribution in [0.1, 0.15) is 31.4 Å². The normalized spacial score (nSPS) is 11.5. The summed E-state index contributed by atoms with van der Waals surface area (Å²) in [5, 5.41) is 3.65. The molecule has 2 aromatic carbocycles. The van der Waals surface area contributed by atoms with Crippen LogP contribution in [0.2, 0.25) is 0 Å². The minimum atomic E-state index is 0.0396. The van der Waals surface area contributed by atoms with E-state index in [0.717, 1.165) is 13.0 Å². The Labute approximate surface area is 116 Å². The fourth-order valence-corrected chi connectivity index (χ4v) is 2.29. The van der Waals surface area contributed by atoms with Gasteiger partial charge in [0.2, 0.25) is 0 Å². The third-order valence-electron chi connectivity index (χ3n) is 3.55. The molecule has 0 atom stereocenters. The van der Waals surface area contributed by atoms with Gasteiger partial charge in [0.25, 0.3) is 0 Å². The minimum Gasteiger partial charge on any atom is -0.308 e. The summed E-state index contributed by atoms with van der Waals surface area (Å²) in [6, 6.07) is 21.3. The van der Waals surface area contributed by atoms with Crippen molar-refractivity contribution in [2.45, 2.75) is 32.2 Å². The van der Waals surface area contributed by atoms with Crippen molar-refractivity contribution in [3.05, 3.63) is 71.8 Å². The molecule has 0 bridgehead atoms. The van der Waals surface area contributed by atoms with Crippen LogP contribution in [0.15, 0.2) is 60.7 Å². The van der Waals surface area contributed by atoms with E-state index in [2.05, 4.69) is 79.8 Å². The van der Waals surface area contributed by atoms with Gasteiger partial charge in [-0.3, -0.25) is 0 Å². The fraction of sp³-hybridized carbons (Fsp3) is 0.333. The van der Waals surface area contributed by atoms with Crippen LogP contribution in [-0.4, -0.2) is 6.54 Å². The van der Waals surface area contributed by atoms with Crippen LogP contribution in [0, 0.1) is 0 Å². The molecule has 0 aliphatic rings. The summed E-state index contributed by atoms with van der Waals surface area (Å²) in [6.45, 7) is 5.52. The number of nitrogens with one attached hydrogen (secondary N) is 1. The quantitative estimate of drug-likeness (QED) is 0.763. The van der Waals surface area contributed by atoms with Crippen molar-refractivity contribution in [2.75, 3.05) is 6.54 Å². The zero-order valence-corrected chi connectivity index (χ0v) is 11.9. The molecular weight excluding hydrogens is 230 g/mol. The second kappa shape index (κ2) is 6.53. The van der Waals surface area contributed by atoms with Crippen LogP contribution in [0.5, 0.6) is 0 Å². The maximum absolute atomic E-state index is 3.65. The molecule has 0 saturated heterocycles. The molecule has 100 valence electrons. The lowest BCUT2D eigenvalue weighted by Gasteiger charge is -2.27. The molecule has 1 heteroatoms. The Balaban J connectivity index is 1.79. The topological polar surface area (TPSA) is 12.0 Å². The molecule has 0 saturated carbocycles. The third-order valence-corrected chi connectivity index (χ3v) is 3.55. The van der Waals surface area contributed by atoms with Gasteiger partial charge in [-0.1, -0.05) is 60.7 Å². The molecule has 0 spiro atoms. The van der Waals surface area contributed by atoms with Gasteiger partial charge >= 0.3 is 0 Å². The Morgan fingerprint density at radius 1 is 0.842 bits per heavy atom. The summed E-state index contributed by atoms with van der Waals surface area (Å²) >= 11 is 0. The molecule has 0 heterocycles. The lowest BCUT2D eigenvalue weighted by molar-refractivity contribution is 0.400. The first-order valence-electron chi connectivity index (χ1n) is 7.03. The highest BCUT2D eigenvalue weighted by atomic mass is 14.9. The molecule has 2 aromatic rings. The van der Waals surface area contributed by atoms with Crippen molar-refractivity contribution < 1.29 is 0 Å². The van der Waals surface area contributed by atoms with Crippen molar-refractivity contribution >= 4 is 0 Å². The number of hydrogen-bond donors (Lipinski definition) is 1. The Hall–Kier alpha value is -1.60. The average molecular weight is 253 g/mol. The maximum atomic E-state index is 3.65. The van der Waals surface area contributed by atoms with Crippen molar-refractivity contribution in [1.29, 1.82) is 0 Å². The van der Waals surface area contributed by atoms with Gasteiger partial charge in [0.05, 0.1) is 0 Å². The first-order chi connectivity index (χ1) is 9.18. The average Bonchev–Trinajstić information content (AvgIpc) is 2.46. The summed E-state index contributed by atoms with van der Waals surface area (Å²) in [6.07, 6.45) is 2.30. The van der Waals surface area contributed by atoms with Gasteiger partial charge in [0, 0.05) is 5.54 Å². The predicted octanol–water partition coefficient (Wildman–Crippen LogP) is 4.14. The lowest BCUT2D eigenvalue weighted by Crippen LogP contribution is -2.37. The molecule has 2 rings (SSSR count). The second-order valence-electron chi connectivity index (χ2n) is 5.51. The van der Waals surface area contributed by atoms with E-state index in [0.29, 0.717) is 0 Å². The summed E-state index contributed by atoms with van der Waals surface area (Å²) in [4.78, 5) is 0. The lowest BCUT2D eigenvalue weighted by atomic mass is 9.94. The molecular formula is C18H23N. The monoisotopic (exact) mass is 253 g/mol. The molecule has 0 aromatic heterocycles. The molecule has 0 fully saturated rings. The van der Waals surface area contributed by atoms with Crippen LogP contribution < -0.4 is 5.32 Å². The van der Waals surface area contributed by atoms with E-state index >= 15 is 0 Å². The zero-order chi connectivity index (χ0) is 13.6. The highest BCUT2D eigenvalue weighted by molar-refractivity contribution is 5.22. The third kappa shape index (κ3) is 4.22. The molecule has 19 heavy (non-hydrogen) atoms. The SMILES string of the molecule is CC(C)(NCCCc1ccccc1)c1ccccc1. The Morgan fingerprint density at radius 3 is 2.05 bits per heavy atom. The Morgan fingerprint density at radius 2 is 1.42 bits per heavy atom. The minimum absolute atomic E-state index is 0.0396. The first-order valence-corrected chi connectivity index (χ1v) is 7.03. The summed E-state index contributed by atoms with van der Waals surface area (Å²) in [5.74, 6) is 0. The van der Waals surface area contributed by atoms with Gasteiger partial charge in [0.15, 0.2) is 0 Å². The summed E-state index contributed by atoms with van der Waals surface area (Å²) in [5.41, 5.74) is 2.80. The van der Waals surface area contributed by atoms with E-state index in [1.807, 2.05) is 0 Å². The van der Waals surface area contributed by atoms with Gasteiger partial charge in [-0.25, -0.2) is 0 Å². The molecule has 0 unspecified atom stereocenters. The Kier molecular flexibility index (Phi) is 4.75. The van der Waals surface area contributed by atoms with Crippen LogP contribution in [0.3, 0.4) is 0 Å². The standard InChI is InChI=1S/C18H23N/c1-18(2,17-13-7-4-8-14-17)19-15-9-12-16-10-5-3-6-11-16/h3-8,10-11,13-14,19H,9,12,15H2,1-2H3. The van der Waals surface area contributed by atoms with Gasteiger partial charge in [-0.05, 0) is 44.4 Å². The maximum Gasteiger partial charge on any atom is 0.0377 e. The van der Waals surface area contributed by atoms with E-state index in [1.54, 1.807) is 0 Å². The van der Waals surface area contributed by atoms with Gasteiger partial charge < -0.3 is 5.32 Å². The highest BCUT2D eigenvalue weighted by Gasteiger charge is 2.18. The van der Waals surface area contributed by atoms with E-state index < -0.39 is 0 Å². The largest absolute Gasteiger partial charge is 0.308 e. The van der Waals surface area contributed by atoms with Crippen LogP contribution in [0.25, 0.3) is 0 Å². The highest BCUT2D eigenvalue weighted by Crippen LogP contribution is 2.19. The number of rotatable bonds is 6. The first kappa shape index (κ1) is 13.8. The van der Waals surface area contributed by atoms with E-state index in [1.165, 1.54) is 17.5 Å². The van der Waals surface area contributed by atoms with Gasteiger partial charge in [-0.15, -0.1) is 0 Å². The molecule has 0 amide bonds. The molecule has 0 aliphatic heterocycles. The second-order valence-corrected chi connectivity index (χ2v) is 5.51. The summed E-state index contributed by atoms with van der Waals surface area (Å²) < 4.78 is 0. The number of aryl methyl sites for hydroxylation is 1. The van der Waals surface area contributed by atoms with Crippen LogP contribution in [0.4, 0.5) is 0 Å². The van der Waals surface area contributed by atoms with E-state index in [-0.39, 0.29) is 5.54 Å². The van der Waals surface area contributed by atoms with Crippen molar-refractivity contribution in [1.82, 2.24) is 5.32 Å². The fourth-order valence-electron chi connectivity index (χ4n) is 2.29. The smallest absolute Gasteiger partial charge is 0.0377 e. The summed E-state index contributed by atoms with van der Waals surface area (Å²) in [7, 11) is 0. The van der Waals surface area contributed by atoms with Crippen LogP contribution >= 0.6 is 0 Å². The molecule has 1 nitrogen and oxygen atoms in total. The van der Waals surface area contributed by atoms with E-state index in [4.69, 9.17) is 0 Å². The van der Waals surface area contributed by atoms with Gasteiger partial charge in [0.1, 0.15) is 0 Å². The van der Waals surface area contributed by atoms with Crippen LogP contribution in [-0.2, 0) is 12.0 Å². The predicted molar refractivity (Wildman–Crippen MR) is 82.2 cm³/mol. The van der Waals surface area contributed by atoms with Crippen molar-refractivity contribution in [3.8, 4) is 0 Å².